The normalized spacial score (nSPS) is 24.3. The summed E-state index contributed by atoms with van der Waals surface area (Å²) in [4.78, 5) is 11.4. The summed E-state index contributed by atoms with van der Waals surface area (Å²) in [5, 5.41) is 45.5. The zero-order valence-corrected chi connectivity index (χ0v) is 19.7. The molecule has 0 saturated carbocycles. The van der Waals surface area contributed by atoms with Crippen molar-refractivity contribution in [1.82, 2.24) is 9.78 Å². The largest absolute Gasteiger partial charge is 0.494 e. The molecule has 1 aliphatic heterocycles. The minimum absolute atomic E-state index is 0.0814. The van der Waals surface area contributed by atoms with E-state index in [1.165, 1.54) is 16.9 Å². The van der Waals surface area contributed by atoms with Crippen molar-refractivity contribution in [3.05, 3.63) is 82.1 Å². The first-order valence-electron chi connectivity index (χ1n) is 11.2. The van der Waals surface area contributed by atoms with Crippen LogP contribution in [0.2, 0.25) is 5.02 Å². The zero-order chi connectivity index (χ0) is 25.1. The van der Waals surface area contributed by atoms with Gasteiger partial charge in [0.2, 0.25) is 0 Å². The highest BCUT2D eigenvalue weighted by Gasteiger charge is 2.44. The highest BCUT2D eigenvalue weighted by atomic mass is 35.5. The van der Waals surface area contributed by atoms with Gasteiger partial charge in [0, 0.05) is 11.2 Å². The third kappa shape index (κ3) is 5.50. The van der Waals surface area contributed by atoms with Gasteiger partial charge < -0.3 is 29.9 Å². The summed E-state index contributed by atoms with van der Waals surface area (Å²) in [6.07, 6.45) is -4.49. The standard InChI is InChI=1S/C25H27ClN2O7/c1-2-34-17-6-3-14(4-7-17)11-16-12-15(5-8-18(16)26)24-23(31)22(30)21(29)20(35-24)13-28-19(25(32)33)9-10-27-28/h3-10,12,20-24,29-31H,2,11,13H2,1H3,(H,32,33)/t20-,21-,22+,23-,24+/m1/s1. The molecule has 0 spiro atoms. The van der Waals surface area contributed by atoms with E-state index in [0.717, 1.165) is 16.9 Å². The minimum Gasteiger partial charge on any atom is -0.494 e. The molecule has 186 valence electrons. The Morgan fingerprint density at radius 2 is 1.83 bits per heavy atom. The number of carboxylic acids is 1. The van der Waals surface area contributed by atoms with Crippen LogP contribution in [0.4, 0.5) is 0 Å². The van der Waals surface area contributed by atoms with Gasteiger partial charge in [-0.1, -0.05) is 35.9 Å². The number of benzene rings is 2. The number of carbonyl (C=O) groups is 1. The fraction of sp³-hybridized carbons (Fsp3) is 0.360. The zero-order valence-electron chi connectivity index (χ0n) is 19.0. The highest BCUT2D eigenvalue weighted by Crippen LogP contribution is 2.35. The van der Waals surface area contributed by atoms with E-state index in [1.54, 1.807) is 18.2 Å². The Bertz CT molecular complexity index is 1170. The number of hydrogen-bond acceptors (Lipinski definition) is 7. The summed E-state index contributed by atoms with van der Waals surface area (Å²) in [6.45, 7) is 2.38. The van der Waals surface area contributed by atoms with Gasteiger partial charge in [-0.15, -0.1) is 0 Å². The topological polar surface area (TPSA) is 134 Å². The Labute approximate surface area is 207 Å². The monoisotopic (exact) mass is 502 g/mol. The molecule has 35 heavy (non-hydrogen) atoms. The quantitative estimate of drug-likeness (QED) is 0.369. The van der Waals surface area contributed by atoms with Gasteiger partial charge in [-0.3, -0.25) is 4.68 Å². The first kappa shape index (κ1) is 25.2. The number of aromatic nitrogens is 2. The van der Waals surface area contributed by atoms with Crippen LogP contribution in [0.1, 0.15) is 40.2 Å². The summed E-state index contributed by atoms with van der Waals surface area (Å²) in [5.41, 5.74) is 2.28. The Hall–Kier alpha value is -2.95. The van der Waals surface area contributed by atoms with E-state index < -0.39 is 36.5 Å². The van der Waals surface area contributed by atoms with Crippen molar-refractivity contribution in [2.75, 3.05) is 6.61 Å². The first-order chi connectivity index (χ1) is 16.8. The van der Waals surface area contributed by atoms with Gasteiger partial charge in [0.15, 0.2) is 0 Å². The van der Waals surface area contributed by atoms with Gasteiger partial charge in [-0.05, 0) is 54.3 Å². The molecule has 0 unspecified atom stereocenters. The molecule has 3 aromatic rings. The smallest absolute Gasteiger partial charge is 0.354 e. The molecule has 5 atom stereocenters. The van der Waals surface area contributed by atoms with Crippen LogP contribution >= 0.6 is 11.6 Å². The van der Waals surface area contributed by atoms with Crippen molar-refractivity contribution in [3.8, 4) is 5.75 Å². The predicted molar refractivity (Wildman–Crippen MR) is 127 cm³/mol. The van der Waals surface area contributed by atoms with Crippen molar-refractivity contribution in [2.45, 2.75) is 50.4 Å². The summed E-state index contributed by atoms with van der Waals surface area (Å²) in [5.74, 6) is -0.404. The number of nitrogens with zero attached hydrogens (tertiary/aromatic N) is 2. The second-order valence-corrected chi connectivity index (χ2v) is 8.78. The molecule has 10 heteroatoms. The molecule has 0 radical (unpaired) electrons. The fourth-order valence-electron chi connectivity index (χ4n) is 4.20. The van der Waals surface area contributed by atoms with E-state index in [4.69, 9.17) is 21.1 Å². The van der Waals surface area contributed by atoms with E-state index in [2.05, 4.69) is 5.10 Å². The van der Waals surface area contributed by atoms with Crippen LogP contribution in [0, 0.1) is 0 Å². The maximum atomic E-state index is 11.4. The molecule has 1 saturated heterocycles. The lowest BCUT2D eigenvalue weighted by atomic mass is 9.90. The van der Waals surface area contributed by atoms with Crippen molar-refractivity contribution < 1.29 is 34.7 Å². The fourth-order valence-corrected chi connectivity index (χ4v) is 4.39. The molecule has 2 aromatic carbocycles. The van der Waals surface area contributed by atoms with Crippen LogP contribution in [0.25, 0.3) is 0 Å². The molecule has 1 aliphatic rings. The second-order valence-electron chi connectivity index (χ2n) is 8.38. The van der Waals surface area contributed by atoms with Gasteiger partial charge >= 0.3 is 5.97 Å². The maximum absolute atomic E-state index is 11.4. The van der Waals surface area contributed by atoms with E-state index in [0.29, 0.717) is 23.6 Å². The van der Waals surface area contributed by atoms with Crippen molar-refractivity contribution in [3.63, 3.8) is 0 Å². The Kier molecular flexibility index (Phi) is 7.73. The molecule has 4 rings (SSSR count). The number of aliphatic hydroxyl groups excluding tert-OH is 3. The number of hydrogen-bond donors (Lipinski definition) is 4. The van der Waals surface area contributed by atoms with Gasteiger partial charge in [0.1, 0.15) is 42.0 Å². The Morgan fingerprint density at radius 3 is 2.51 bits per heavy atom. The van der Waals surface area contributed by atoms with Crippen molar-refractivity contribution >= 4 is 17.6 Å². The van der Waals surface area contributed by atoms with Gasteiger partial charge in [0.25, 0.3) is 0 Å². The van der Waals surface area contributed by atoms with Crippen LogP contribution < -0.4 is 4.74 Å². The molecule has 1 aromatic heterocycles. The van der Waals surface area contributed by atoms with Crippen LogP contribution in [-0.2, 0) is 17.7 Å². The SMILES string of the molecule is CCOc1ccc(Cc2cc([C@@H]3O[C@H](Cn4nccc4C(=O)O)[C@@H](O)[C@H](O)[C@H]3O)ccc2Cl)cc1. The van der Waals surface area contributed by atoms with Crippen LogP contribution in [-0.4, -0.2) is 67.2 Å². The lowest BCUT2D eigenvalue weighted by molar-refractivity contribution is -0.228. The van der Waals surface area contributed by atoms with Crippen LogP contribution in [0.5, 0.6) is 5.75 Å². The molecule has 2 heterocycles. The lowest BCUT2D eigenvalue weighted by Crippen LogP contribution is -2.55. The van der Waals surface area contributed by atoms with Gasteiger partial charge in [-0.2, -0.15) is 5.10 Å². The predicted octanol–water partition coefficient (Wildman–Crippen LogP) is 2.45. The van der Waals surface area contributed by atoms with Crippen molar-refractivity contribution in [1.29, 1.82) is 0 Å². The molecule has 0 aliphatic carbocycles. The summed E-state index contributed by atoms with van der Waals surface area (Å²) >= 11 is 6.44. The van der Waals surface area contributed by atoms with E-state index >= 15 is 0 Å². The third-order valence-electron chi connectivity index (χ3n) is 6.03. The summed E-state index contributed by atoms with van der Waals surface area (Å²) in [6, 6.07) is 14.2. The number of ether oxygens (including phenoxy) is 2. The Morgan fingerprint density at radius 1 is 1.09 bits per heavy atom. The van der Waals surface area contributed by atoms with Gasteiger partial charge in [-0.25, -0.2) is 4.79 Å². The van der Waals surface area contributed by atoms with Crippen LogP contribution in [0.3, 0.4) is 0 Å². The molecule has 9 nitrogen and oxygen atoms in total. The van der Waals surface area contributed by atoms with E-state index in [-0.39, 0.29) is 12.2 Å². The number of rotatable bonds is 8. The molecule has 4 N–H and O–H groups in total. The van der Waals surface area contributed by atoms with Gasteiger partial charge in [0.05, 0.1) is 13.2 Å². The van der Waals surface area contributed by atoms with E-state index in [9.17, 15) is 25.2 Å². The van der Waals surface area contributed by atoms with Crippen LogP contribution in [0.15, 0.2) is 54.7 Å². The summed E-state index contributed by atoms with van der Waals surface area (Å²) < 4.78 is 12.6. The summed E-state index contributed by atoms with van der Waals surface area (Å²) in [7, 11) is 0. The Balaban J connectivity index is 1.56. The third-order valence-corrected chi connectivity index (χ3v) is 6.40. The highest BCUT2D eigenvalue weighted by molar-refractivity contribution is 6.31. The molecule has 0 amide bonds. The molecule has 1 fully saturated rings. The number of halogens is 1. The molecular weight excluding hydrogens is 476 g/mol. The maximum Gasteiger partial charge on any atom is 0.354 e. The number of aliphatic hydroxyl groups is 3. The molecular formula is C25H27ClN2O7. The second kappa shape index (κ2) is 10.8. The number of aromatic carboxylic acids is 1. The number of carboxylic acid groups (broad SMARTS) is 1. The minimum atomic E-state index is -1.51. The average molecular weight is 503 g/mol. The van der Waals surface area contributed by atoms with E-state index in [1.807, 2.05) is 31.2 Å². The lowest BCUT2D eigenvalue weighted by Gasteiger charge is -2.41. The van der Waals surface area contributed by atoms with Crippen molar-refractivity contribution in [2.24, 2.45) is 0 Å². The molecule has 0 bridgehead atoms. The first-order valence-corrected chi connectivity index (χ1v) is 11.6. The average Bonchev–Trinajstić information content (AvgIpc) is 3.31.